The Morgan fingerprint density at radius 1 is 1.33 bits per heavy atom. The van der Waals surface area contributed by atoms with Crippen LogP contribution in [0.15, 0.2) is 12.1 Å². The summed E-state index contributed by atoms with van der Waals surface area (Å²) in [6.45, 7) is 3.32. The van der Waals surface area contributed by atoms with Crippen molar-refractivity contribution in [2.75, 3.05) is 0 Å². The highest BCUT2D eigenvalue weighted by atomic mass is 19.2. The molecule has 0 aromatic heterocycles. The second-order valence-electron chi connectivity index (χ2n) is 3.23. The Bertz CT molecular complexity index is 388. The third-order valence-corrected chi connectivity index (χ3v) is 1.62. The fraction of sp³-hybridized carbons (Fsp3) is 0.300. The third kappa shape index (κ3) is 2.65. The Morgan fingerprint density at radius 3 is 2.33 bits per heavy atom. The van der Waals surface area contributed by atoms with E-state index in [0.717, 1.165) is 6.07 Å². The van der Waals surface area contributed by atoms with Crippen LogP contribution in [0.3, 0.4) is 0 Å². The first-order chi connectivity index (χ1) is 6.91. The smallest absolute Gasteiger partial charge is 0.339 e. The van der Waals surface area contributed by atoms with E-state index in [1.165, 1.54) is 0 Å². The fourth-order valence-corrected chi connectivity index (χ4v) is 1.05. The molecule has 0 aliphatic heterocycles. The van der Waals surface area contributed by atoms with Gasteiger partial charge in [-0.1, -0.05) is 0 Å². The number of halogens is 2. The Labute approximate surface area is 85.3 Å². The van der Waals surface area contributed by atoms with Gasteiger partial charge in [0.2, 0.25) is 0 Å². The lowest BCUT2D eigenvalue weighted by Crippen LogP contribution is -2.11. The zero-order valence-electron chi connectivity index (χ0n) is 8.25. The molecular formula is C10H10F2O3. The molecule has 15 heavy (non-hydrogen) atoms. The van der Waals surface area contributed by atoms with Gasteiger partial charge in [0.05, 0.1) is 6.10 Å². The van der Waals surface area contributed by atoms with Crippen molar-refractivity contribution < 1.29 is 23.4 Å². The van der Waals surface area contributed by atoms with Crippen molar-refractivity contribution in [3.63, 3.8) is 0 Å². The van der Waals surface area contributed by atoms with E-state index in [4.69, 9.17) is 9.84 Å². The van der Waals surface area contributed by atoms with Gasteiger partial charge in [-0.25, -0.2) is 13.6 Å². The molecule has 0 atom stereocenters. The van der Waals surface area contributed by atoms with Crippen molar-refractivity contribution in [1.82, 2.24) is 0 Å². The van der Waals surface area contributed by atoms with Gasteiger partial charge in [0.1, 0.15) is 11.3 Å². The van der Waals surface area contributed by atoms with Crippen molar-refractivity contribution in [3.8, 4) is 5.75 Å². The van der Waals surface area contributed by atoms with Crippen LogP contribution in [0.1, 0.15) is 24.2 Å². The van der Waals surface area contributed by atoms with E-state index >= 15 is 0 Å². The van der Waals surface area contributed by atoms with Gasteiger partial charge < -0.3 is 9.84 Å². The Hall–Kier alpha value is -1.65. The maximum atomic E-state index is 12.8. The van der Waals surface area contributed by atoms with E-state index in [1.54, 1.807) is 13.8 Å². The largest absolute Gasteiger partial charge is 0.490 e. The van der Waals surface area contributed by atoms with Crippen molar-refractivity contribution in [2.45, 2.75) is 20.0 Å². The molecule has 3 nitrogen and oxygen atoms in total. The van der Waals surface area contributed by atoms with Crippen molar-refractivity contribution >= 4 is 5.97 Å². The maximum absolute atomic E-state index is 12.8. The number of carbonyl (C=O) groups is 1. The molecule has 0 bridgehead atoms. The van der Waals surface area contributed by atoms with Crippen LogP contribution >= 0.6 is 0 Å². The highest BCUT2D eigenvalue weighted by Crippen LogP contribution is 2.23. The molecule has 0 fully saturated rings. The lowest BCUT2D eigenvalue weighted by atomic mass is 10.2. The first-order valence-corrected chi connectivity index (χ1v) is 4.30. The maximum Gasteiger partial charge on any atom is 0.339 e. The average Bonchev–Trinajstić information content (AvgIpc) is 2.09. The number of carboxylic acids is 1. The van der Waals surface area contributed by atoms with Gasteiger partial charge in [-0.2, -0.15) is 0 Å². The van der Waals surface area contributed by atoms with E-state index in [-0.39, 0.29) is 17.4 Å². The van der Waals surface area contributed by atoms with Gasteiger partial charge in [0, 0.05) is 6.07 Å². The molecule has 5 heteroatoms. The van der Waals surface area contributed by atoms with Crippen LogP contribution in [0.5, 0.6) is 5.75 Å². The second kappa shape index (κ2) is 4.25. The van der Waals surface area contributed by atoms with E-state index in [2.05, 4.69) is 0 Å². The number of carboxylic acid groups (broad SMARTS) is 1. The minimum absolute atomic E-state index is 0.170. The molecule has 0 radical (unpaired) electrons. The molecule has 0 spiro atoms. The molecule has 0 heterocycles. The summed E-state index contributed by atoms with van der Waals surface area (Å²) in [4.78, 5) is 10.7. The van der Waals surface area contributed by atoms with Crippen molar-refractivity contribution in [3.05, 3.63) is 29.3 Å². The van der Waals surface area contributed by atoms with Gasteiger partial charge in [-0.15, -0.1) is 0 Å². The molecule has 0 amide bonds. The number of ether oxygens (including phenoxy) is 1. The standard InChI is InChI=1S/C10H10F2O3/c1-5(2)15-9-4-8(12)7(11)3-6(9)10(13)14/h3-5H,1-2H3,(H,13,14). The summed E-state index contributed by atoms with van der Waals surface area (Å²) in [6.07, 6.45) is -0.312. The van der Waals surface area contributed by atoms with Gasteiger partial charge in [0.15, 0.2) is 11.6 Å². The fourth-order valence-electron chi connectivity index (χ4n) is 1.05. The van der Waals surface area contributed by atoms with Crippen molar-refractivity contribution in [2.24, 2.45) is 0 Å². The van der Waals surface area contributed by atoms with Gasteiger partial charge >= 0.3 is 5.97 Å². The van der Waals surface area contributed by atoms with Crippen LogP contribution < -0.4 is 4.74 Å². The Balaban J connectivity index is 3.22. The molecule has 0 saturated carbocycles. The molecule has 0 aliphatic carbocycles. The minimum Gasteiger partial charge on any atom is -0.490 e. The molecule has 0 aliphatic rings. The van der Waals surface area contributed by atoms with Gasteiger partial charge in [-0.3, -0.25) is 0 Å². The predicted octanol–water partition coefficient (Wildman–Crippen LogP) is 2.45. The first kappa shape index (κ1) is 11.4. The molecule has 0 saturated heterocycles. The van der Waals surface area contributed by atoms with Crippen LogP contribution in [0.2, 0.25) is 0 Å². The number of aromatic carboxylic acids is 1. The zero-order valence-corrected chi connectivity index (χ0v) is 8.25. The van der Waals surface area contributed by atoms with Crippen molar-refractivity contribution in [1.29, 1.82) is 0 Å². The summed E-state index contributed by atoms with van der Waals surface area (Å²) >= 11 is 0. The summed E-state index contributed by atoms with van der Waals surface area (Å²) in [5, 5.41) is 8.72. The molecule has 1 aromatic rings. The number of hydrogen-bond donors (Lipinski definition) is 1. The molecular weight excluding hydrogens is 206 g/mol. The monoisotopic (exact) mass is 216 g/mol. The Kier molecular flexibility index (Phi) is 3.24. The van der Waals surface area contributed by atoms with Crippen LogP contribution in [0, 0.1) is 11.6 Å². The highest BCUT2D eigenvalue weighted by Gasteiger charge is 2.17. The first-order valence-electron chi connectivity index (χ1n) is 4.30. The molecule has 1 N–H and O–H groups in total. The topological polar surface area (TPSA) is 46.5 Å². The molecule has 0 unspecified atom stereocenters. The van der Waals surface area contributed by atoms with Crippen LogP contribution in [0.4, 0.5) is 8.78 Å². The van der Waals surface area contributed by atoms with E-state index in [9.17, 15) is 13.6 Å². The minimum atomic E-state index is -1.36. The quantitative estimate of drug-likeness (QED) is 0.844. The molecule has 82 valence electrons. The van der Waals surface area contributed by atoms with Crippen LogP contribution in [-0.4, -0.2) is 17.2 Å². The summed E-state index contributed by atoms with van der Waals surface area (Å²) in [7, 11) is 0. The SMILES string of the molecule is CC(C)Oc1cc(F)c(F)cc1C(=O)O. The lowest BCUT2D eigenvalue weighted by Gasteiger charge is -2.12. The van der Waals surface area contributed by atoms with Gasteiger partial charge in [0.25, 0.3) is 0 Å². The average molecular weight is 216 g/mol. The number of hydrogen-bond acceptors (Lipinski definition) is 2. The Morgan fingerprint density at radius 2 is 1.87 bits per heavy atom. The summed E-state index contributed by atoms with van der Waals surface area (Å²) in [6, 6.07) is 1.34. The number of rotatable bonds is 3. The second-order valence-corrected chi connectivity index (χ2v) is 3.23. The normalized spacial score (nSPS) is 10.5. The summed E-state index contributed by atoms with van der Waals surface area (Å²) in [5.41, 5.74) is -0.386. The number of benzene rings is 1. The zero-order chi connectivity index (χ0) is 11.6. The van der Waals surface area contributed by atoms with Crippen LogP contribution in [-0.2, 0) is 0 Å². The van der Waals surface area contributed by atoms with E-state index in [1.807, 2.05) is 0 Å². The van der Waals surface area contributed by atoms with Crippen LogP contribution in [0.25, 0.3) is 0 Å². The molecule has 1 aromatic carbocycles. The predicted molar refractivity (Wildman–Crippen MR) is 49.1 cm³/mol. The third-order valence-electron chi connectivity index (χ3n) is 1.62. The van der Waals surface area contributed by atoms with E-state index < -0.39 is 17.6 Å². The lowest BCUT2D eigenvalue weighted by molar-refractivity contribution is 0.0689. The van der Waals surface area contributed by atoms with E-state index in [0.29, 0.717) is 6.07 Å². The molecule has 1 rings (SSSR count). The highest BCUT2D eigenvalue weighted by molar-refractivity contribution is 5.90. The summed E-state index contributed by atoms with van der Waals surface area (Å²) < 4.78 is 30.6. The van der Waals surface area contributed by atoms with Gasteiger partial charge in [-0.05, 0) is 19.9 Å². The summed E-state index contributed by atoms with van der Waals surface area (Å²) in [5.74, 6) is -3.86.